The highest BCUT2D eigenvalue weighted by molar-refractivity contribution is 5.69. The van der Waals surface area contributed by atoms with E-state index in [1.54, 1.807) is 0 Å². The second-order valence-electron chi connectivity index (χ2n) is 18.6. The number of unbranched alkanes of at least 4 members (excludes halogenated alkanes) is 10. The van der Waals surface area contributed by atoms with Crippen LogP contribution in [0.1, 0.15) is 155 Å². The first-order chi connectivity index (χ1) is 35.6. The van der Waals surface area contributed by atoms with E-state index in [1.165, 1.54) is 0 Å². The summed E-state index contributed by atoms with van der Waals surface area (Å²) in [6, 6.07) is 0. The van der Waals surface area contributed by atoms with E-state index in [9.17, 15) is 40.5 Å². The number of aliphatic hydroxyl groups is 7. The molecule has 2 aliphatic heterocycles. The topological polar surface area (TPSA) is 214 Å². The van der Waals surface area contributed by atoms with E-state index in [4.69, 9.17) is 28.4 Å². The zero-order valence-corrected chi connectivity index (χ0v) is 44.3. The van der Waals surface area contributed by atoms with Gasteiger partial charge in [-0.05, 0) is 96.3 Å². The van der Waals surface area contributed by atoms with Crippen LogP contribution >= 0.6 is 0 Å². The summed E-state index contributed by atoms with van der Waals surface area (Å²) in [7, 11) is 0. The summed E-state index contributed by atoms with van der Waals surface area (Å²) in [5.74, 6) is -0.407. The maximum Gasteiger partial charge on any atom is 0.306 e. The first-order valence-electron chi connectivity index (χ1n) is 27.5. The Morgan fingerprint density at radius 3 is 1.33 bits per heavy atom. The molecule has 0 aliphatic carbocycles. The average Bonchev–Trinajstić information content (AvgIpc) is 3.39. The molecule has 11 atom stereocenters. The van der Waals surface area contributed by atoms with Gasteiger partial charge in [0.25, 0.3) is 0 Å². The lowest BCUT2D eigenvalue weighted by molar-refractivity contribution is -0.332. The van der Waals surface area contributed by atoms with Crippen LogP contribution in [-0.4, -0.2) is 142 Å². The Labute approximate surface area is 438 Å². The number of ether oxygens (including phenoxy) is 6. The summed E-state index contributed by atoms with van der Waals surface area (Å²) in [5.41, 5.74) is 0. The quantitative estimate of drug-likeness (QED) is 0.0173. The highest BCUT2D eigenvalue weighted by atomic mass is 16.7. The van der Waals surface area contributed by atoms with Gasteiger partial charge in [-0.3, -0.25) is 4.79 Å². The maximum absolute atomic E-state index is 13.1. The summed E-state index contributed by atoms with van der Waals surface area (Å²) in [6.07, 6.45) is 44.3. The van der Waals surface area contributed by atoms with Crippen LogP contribution in [0.2, 0.25) is 0 Å². The molecule has 0 amide bonds. The molecule has 416 valence electrons. The molecule has 2 saturated heterocycles. The summed E-state index contributed by atoms with van der Waals surface area (Å²) >= 11 is 0. The summed E-state index contributed by atoms with van der Waals surface area (Å²) in [5, 5.41) is 72.3. The van der Waals surface area contributed by atoms with Gasteiger partial charge in [-0.25, -0.2) is 0 Å². The molecule has 14 heteroatoms. The van der Waals surface area contributed by atoms with E-state index in [0.717, 1.165) is 128 Å². The Morgan fingerprint density at radius 2 is 0.849 bits per heavy atom. The van der Waals surface area contributed by atoms with Gasteiger partial charge in [0, 0.05) is 13.0 Å². The Balaban J connectivity index is 1.77. The van der Waals surface area contributed by atoms with Gasteiger partial charge >= 0.3 is 5.97 Å². The summed E-state index contributed by atoms with van der Waals surface area (Å²) < 4.78 is 34.3. The van der Waals surface area contributed by atoms with Crippen LogP contribution < -0.4 is 0 Å². The van der Waals surface area contributed by atoms with Gasteiger partial charge in [0.1, 0.15) is 54.9 Å². The predicted octanol–water partition coefficient (Wildman–Crippen LogP) is 9.18. The lowest BCUT2D eigenvalue weighted by atomic mass is 9.98. The fourth-order valence-corrected chi connectivity index (χ4v) is 7.89. The third-order valence-corrected chi connectivity index (χ3v) is 12.3. The monoisotopic (exact) mass is 1030 g/mol. The van der Waals surface area contributed by atoms with Gasteiger partial charge in [0.05, 0.1) is 26.4 Å². The van der Waals surface area contributed by atoms with Crippen LogP contribution in [0, 0.1) is 0 Å². The molecule has 0 aromatic heterocycles. The molecule has 14 nitrogen and oxygen atoms in total. The van der Waals surface area contributed by atoms with Crippen molar-refractivity contribution in [2.24, 2.45) is 0 Å². The second-order valence-corrected chi connectivity index (χ2v) is 18.6. The Kier molecular flexibility index (Phi) is 40.4. The molecule has 73 heavy (non-hydrogen) atoms. The fraction of sp³-hybridized carbons (Fsp3) is 0.678. The normalized spacial score (nSPS) is 25.8. The number of carbonyl (C=O) groups excluding carboxylic acids is 1. The molecule has 0 aromatic carbocycles. The van der Waals surface area contributed by atoms with Crippen LogP contribution in [-0.2, 0) is 33.2 Å². The summed E-state index contributed by atoms with van der Waals surface area (Å²) in [4.78, 5) is 13.1. The Hall–Kier alpha value is -3.35. The molecular weight excluding hydrogens is 933 g/mol. The number of esters is 1. The highest BCUT2D eigenvalue weighted by Gasteiger charge is 2.47. The van der Waals surface area contributed by atoms with Crippen molar-refractivity contribution in [2.45, 2.75) is 223 Å². The molecule has 0 saturated carbocycles. The van der Waals surface area contributed by atoms with E-state index < -0.39 is 86.7 Å². The SMILES string of the molecule is CC/C=C\C/C=C\C/C=C\C/C=C\C/C=C\CCCCCCCC(=O)OC(COCCCCCCC/C=C\C/C=C\C/C=C\C/C=C\CC)COC1OC(COC2OC(CO)C(O)C(O)C2O)C(O)C(O)C1O. The molecule has 2 heterocycles. The van der Waals surface area contributed by atoms with Crippen molar-refractivity contribution in [3.8, 4) is 0 Å². The summed E-state index contributed by atoms with van der Waals surface area (Å²) in [6.45, 7) is 3.36. The minimum absolute atomic E-state index is 0.0328. The zero-order valence-electron chi connectivity index (χ0n) is 44.3. The average molecular weight is 1030 g/mol. The molecule has 0 bridgehead atoms. The van der Waals surface area contributed by atoms with Gasteiger partial charge in [0.15, 0.2) is 12.6 Å². The number of hydrogen-bond acceptors (Lipinski definition) is 14. The van der Waals surface area contributed by atoms with Crippen LogP contribution in [0.15, 0.2) is 109 Å². The third kappa shape index (κ3) is 32.0. The second kappa shape index (κ2) is 44.9. The lowest BCUT2D eigenvalue weighted by Gasteiger charge is -2.42. The van der Waals surface area contributed by atoms with Gasteiger partial charge in [0.2, 0.25) is 0 Å². The van der Waals surface area contributed by atoms with Gasteiger partial charge in [-0.1, -0.05) is 162 Å². The highest BCUT2D eigenvalue weighted by Crippen LogP contribution is 2.26. The Bertz CT molecular complexity index is 1620. The molecule has 2 aliphatic rings. The van der Waals surface area contributed by atoms with Crippen LogP contribution in [0.4, 0.5) is 0 Å². The first kappa shape index (κ1) is 65.8. The lowest BCUT2D eigenvalue weighted by Crippen LogP contribution is -2.61. The van der Waals surface area contributed by atoms with Gasteiger partial charge in [-0.15, -0.1) is 0 Å². The van der Waals surface area contributed by atoms with Crippen LogP contribution in [0.3, 0.4) is 0 Å². The Morgan fingerprint density at radius 1 is 0.452 bits per heavy atom. The largest absolute Gasteiger partial charge is 0.457 e. The van der Waals surface area contributed by atoms with E-state index in [1.807, 2.05) is 0 Å². The van der Waals surface area contributed by atoms with Gasteiger partial charge < -0.3 is 64.2 Å². The zero-order chi connectivity index (χ0) is 53.0. The third-order valence-electron chi connectivity index (χ3n) is 12.3. The number of carbonyl (C=O) groups is 1. The molecular formula is C59H96O14. The number of rotatable bonds is 42. The van der Waals surface area contributed by atoms with Crippen molar-refractivity contribution in [3.63, 3.8) is 0 Å². The van der Waals surface area contributed by atoms with Crippen molar-refractivity contribution < 1.29 is 69.0 Å². The molecule has 0 radical (unpaired) electrons. The maximum atomic E-state index is 13.1. The van der Waals surface area contributed by atoms with E-state index in [-0.39, 0.29) is 19.6 Å². The van der Waals surface area contributed by atoms with Crippen molar-refractivity contribution in [3.05, 3.63) is 109 Å². The number of aliphatic hydroxyl groups excluding tert-OH is 7. The van der Waals surface area contributed by atoms with Crippen molar-refractivity contribution in [2.75, 3.05) is 33.0 Å². The molecule has 2 rings (SSSR count). The van der Waals surface area contributed by atoms with E-state index >= 15 is 0 Å². The van der Waals surface area contributed by atoms with Crippen LogP contribution in [0.5, 0.6) is 0 Å². The smallest absolute Gasteiger partial charge is 0.306 e. The first-order valence-corrected chi connectivity index (χ1v) is 27.5. The molecule has 0 spiro atoms. The standard InChI is InChI=1S/C59H96O14/c1-3-5-7-9-11-13-15-17-19-21-23-24-25-26-28-30-32-34-36-38-40-42-51(61)71-48(45-68-43-41-39-37-35-33-31-29-27-22-20-18-16-14-12-10-8-6-4-2)46-69-58-57(67)55(65)53(63)50(73-58)47-70-59-56(66)54(64)52(62)49(44-60)72-59/h5-8,11-14,17-20,23-24,26-29,48-50,52-60,62-67H,3-4,9-10,15-16,21-22,25,30-47H2,1-2H3/b7-5-,8-6-,13-11-,14-12-,19-17-,20-18-,24-23-,28-26-,29-27-. The van der Waals surface area contributed by atoms with E-state index in [0.29, 0.717) is 13.0 Å². The van der Waals surface area contributed by atoms with E-state index in [2.05, 4.69) is 123 Å². The number of allylic oxidation sites excluding steroid dienone is 18. The van der Waals surface area contributed by atoms with Crippen molar-refractivity contribution in [1.82, 2.24) is 0 Å². The molecule has 11 unspecified atom stereocenters. The van der Waals surface area contributed by atoms with Crippen molar-refractivity contribution >= 4 is 5.97 Å². The molecule has 0 aromatic rings. The molecule has 2 fully saturated rings. The van der Waals surface area contributed by atoms with Crippen LogP contribution in [0.25, 0.3) is 0 Å². The fourth-order valence-electron chi connectivity index (χ4n) is 7.89. The van der Waals surface area contributed by atoms with Crippen molar-refractivity contribution in [1.29, 1.82) is 0 Å². The predicted molar refractivity (Wildman–Crippen MR) is 288 cm³/mol. The van der Waals surface area contributed by atoms with Gasteiger partial charge in [-0.2, -0.15) is 0 Å². The minimum Gasteiger partial charge on any atom is -0.457 e. The molecule has 7 N–H and O–H groups in total. The minimum atomic E-state index is -1.72. The number of hydrogen-bond donors (Lipinski definition) is 7.